The maximum absolute atomic E-state index is 12.4. The average Bonchev–Trinajstić information content (AvgIpc) is 2.47. The van der Waals surface area contributed by atoms with Crippen LogP contribution in [-0.2, 0) is 4.79 Å². The van der Waals surface area contributed by atoms with Crippen LogP contribution >= 0.6 is 0 Å². The molecule has 0 aliphatic carbocycles. The van der Waals surface area contributed by atoms with Gasteiger partial charge in [0.25, 0.3) is 0 Å². The van der Waals surface area contributed by atoms with E-state index in [1.165, 1.54) is 19.3 Å². The number of hydrogen-bond donors (Lipinski definition) is 2. The second kappa shape index (κ2) is 10.2. The molecule has 124 valence electrons. The maximum Gasteiger partial charge on any atom is 0.237 e. The Morgan fingerprint density at radius 1 is 1.24 bits per heavy atom. The van der Waals surface area contributed by atoms with Crippen LogP contribution in [0.2, 0.25) is 0 Å². The molecule has 0 spiro atoms. The fourth-order valence-electron chi connectivity index (χ4n) is 3.22. The molecule has 1 aliphatic heterocycles. The van der Waals surface area contributed by atoms with Gasteiger partial charge in [-0.05, 0) is 52.6 Å². The second-order valence-corrected chi connectivity index (χ2v) is 6.47. The highest BCUT2D eigenvalue weighted by Crippen LogP contribution is 2.19. The van der Waals surface area contributed by atoms with Gasteiger partial charge in [0.1, 0.15) is 0 Å². The molecule has 1 rings (SSSR count). The van der Waals surface area contributed by atoms with E-state index in [1.54, 1.807) is 0 Å². The minimum atomic E-state index is -0.0157. The molecule has 0 aromatic heterocycles. The van der Waals surface area contributed by atoms with Crippen molar-refractivity contribution in [2.24, 2.45) is 0 Å². The van der Waals surface area contributed by atoms with Crippen molar-refractivity contribution >= 4 is 5.91 Å². The van der Waals surface area contributed by atoms with Crippen LogP contribution in [0.5, 0.6) is 0 Å². The topological polar surface area (TPSA) is 44.4 Å². The van der Waals surface area contributed by atoms with E-state index in [2.05, 4.69) is 43.2 Å². The maximum atomic E-state index is 12.4. The number of piperidine rings is 1. The molecule has 0 aromatic rings. The summed E-state index contributed by atoms with van der Waals surface area (Å²) in [5.74, 6) is 0.193. The molecule has 3 unspecified atom stereocenters. The van der Waals surface area contributed by atoms with Crippen LogP contribution in [0.3, 0.4) is 0 Å². The van der Waals surface area contributed by atoms with E-state index in [1.807, 2.05) is 0 Å². The predicted octanol–water partition coefficient (Wildman–Crippen LogP) is 2.53. The second-order valence-electron chi connectivity index (χ2n) is 6.47. The van der Waals surface area contributed by atoms with Gasteiger partial charge in [-0.15, -0.1) is 0 Å². The predicted molar refractivity (Wildman–Crippen MR) is 89.5 cm³/mol. The molecule has 0 aromatic carbocycles. The van der Waals surface area contributed by atoms with Gasteiger partial charge in [-0.25, -0.2) is 0 Å². The molecule has 1 heterocycles. The van der Waals surface area contributed by atoms with Crippen molar-refractivity contribution in [2.45, 2.75) is 84.3 Å². The number of rotatable bonds is 9. The highest BCUT2D eigenvalue weighted by atomic mass is 16.2. The first-order chi connectivity index (χ1) is 10.1. The zero-order valence-corrected chi connectivity index (χ0v) is 14.5. The Morgan fingerprint density at radius 2 is 2.00 bits per heavy atom. The first-order valence-electron chi connectivity index (χ1n) is 8.86. The van der Waals surface area contributed by atoms with Crippen LogP contribution in [0.4, 0.5) is 0 Å². The van der Waals surface area contributed by atoms with Crippen molar-refractivity contribution in [3.63, 3.8) is 0 Å². The molecular weight excluding hydrogens is 262 g/mol. The molecule has 0 radical (unpaired) electrons. The van der Waals surface area contributed by atoms with Crippen molar-refractivity contribution in [2.75, 3.05) is 19.6 Å². The summed E-state index contributed by atoms with van der Waals surface area (Å²) in [7, 11) is 0. The summed E-state index contributed by atoms with van der Waals surface area (Å²) in [5, 5.41) is 6.68. The Labute approximate surface area is 131 Å². The summed E-state index contributed by atoms with van der Waals surface area (Å²) >= 11 is 0. The van der Waals surface area contributed by atoms with E-state index in [9.17, 15) is 4.79 Å². The molecule has 1 saturated heterocycles. The molecule has 0 bridgehead atoms. The molecule has 4 nitrogen and oxygen atoms in total. The van der Waals surface area contributed by atoms with Gasteiger partial charge in [0, 0.05) is 18.6 Å². The monoisotopic (exact) mass is 297 g/mol. The van der Waals surface area contributed by atoms with Crippen molar-refractivity contribution < 1.29 is 4.79 Å². The lowest BCUT2D eigenvalue weighted by atomic mass is 9.99. The van der Waals surface area contributed by atoms with Gasteiger partial charge in [0.2, 0.25) is 5.91 Å². The van der Waals surface area contributed by atoms with Crippen molar-refractivity contribution in [1.29, 1.82) is 0 Å². The van der Waals surface area contributed by atoms with Gasteiger partial charge in [-0.2, -0.15) is 0 Å². The molecule has 3 atom stereocenters. The quantitative estimate of drug-likeness (QED) is 0.643. The number of nitrogens with one attached hydrogen (secondary N) is 2. The Balaban J connectivity index is 2.50. The van der Waals surface area contributed by atoms with E-state index in [-0.39, 0.29) is 18.0 Å². The highest BCUT2D eigenvalue weighted by Gasteiger charge is 2.30. The smallest absolute Gasteiger partial charge is 0.237 e. The SMILES string of the molecule is CCCNCC1CCCCN1C(C)C(=O)NC(C)CCC. The third kappa shape index (κ3) is 6.35. The lowest BCUT2D eigenvalue weighted by Gasteiger charge is -2.39. The number of carbonyl (C=O) groups is 1. The van der Waals surface area contributed by atoms with E-state index in [0.29, 0.717) is 6.04 Å². The largest absolute Gasteiger partial charge is 0.352 e. The lowest BCUT2D eigenvalue weighted by Crippen LogP contribution is -2.55. The van der Waals surface area contributed by atoms with Crippen LogP contribution in [0.1, 0.15) is 66.2 Å². The third-order valence-electron chi connectivity index (χ3n) is 4.47. The van der Waals surface area contributed by atoms with E-state index < -0.39 is 0 Å². The van der Waals surface area contributed by atoms with Crippen LogP contribution in [0.15, 0.2) is 0 Å². The molecule has 1 fully saturated rings. The molecule has 2 N–H and O–H groups in total. The summed E-state index contributed by atoms with van der Waals surface area (Å²) in [6, 6.07) is 0.775. The van der Waals surface area contributed by atoms with Gasteiger partial charge in [0.05, 0.1) is 6.04 Å². The van der Waals surface area contributed by atoms with Gasteiger partial charge >= 0.3 is 0 Å². The lowest BCUT2D eigenvalue weighted by molar-refractivity contribution is -0.128. The molecule has 1 amide bonds. The standard InChI is InChI=1S/C17H35N3O/c1-5-9-14(3)19-17(21)15(4)20-12-8-7-10-16(20)13-18-11-6-2/h14-16,18H,5-13H2,1-4H3,(H,19,21). The number of nitrogens with zero attached hydrogens (tertiary/aromatic N) is 1. The van der Waals surface area contributed by atoms with Gasteiger partial charge < -0.3 is 10.6 Å². The van der Waals surface area contributed by atoms with Crippen molar-refractivity contribution in [3.8, 4) is 0 Å². The number of hydrogen-bond acceptors (Lipinski definition) is 3. The van der Waals surface area contributed by atoms with Gasteiger partial charge in [-0.3, -0.25) is 9.69 Å². The zero-order chi connectivity index (χ0) is 15.7. The summed E-state index contributed by atoms with van der Waals surface area (Å²) < 4.78 is 0. The first kappa shape index (κ1) is 18.4. The Morgan fingerprint density at radius 3 is 2.67 bits per heavy atom. The molecule has 1 aliphatic rings. The number of likely N-dealkylation sites (tertiary alicyclic amines) is 1. The molecule has 4 heteroatoms. The summed E-state index contributed by atoms with van der Waals surface area (Å²) in [6.07, 6.45) is 7.04. The third-order valence-corrected chi connectivity index (χ3v) is 4.47. The normalized spacial score (nSPS) is 22.8. The minimum absolute atomic E-state index is 0.0157. The molecule has 21 heavy (non-hydrogen) atoms. The van der Waals surface area contributed by atoms with Crippen molar-refractivity contribution in [3.05, 3.63) is 0 Å². The summed E-state index contributed by atoms with van der Waals surface area (Å²) in [4.78, 5) is 14.8. The van der Waals surface area contributed by atoms with E-state index in [4.69, 9.17) is 0 Å². The fourth-order valence-corrected chi connectivity index (χ4v) is 3.22. The van der Waals surface area contributed by atoms with E-state index >= 15 is 0 Å². The summed E-state index contributed by atoms with van der Waals surface area (Å²) in [6.45, 7) is 11.6. The summed E-state index contributed by atoms with van der Waals surface area (Å²) in [5.41, 5.74) is 0. The van der Waals surface area contributed by atoms with Crippen LogP contribution < -0.4 is 10.6 Å². The van der Waals surface area contributed by atoms with Crippen LogP contribution in [0, 0.1) is 0 Å². The fraction of sp³-hybridized carbons (Fsp3) is 0.941. The Bertz CT molecular complexity index is 296. The van der Waals surface area contributed by atoms with Crippen molar-refractivity contribution in [1.82, 2.24) is 15.5 Å². The molecule has 0 saturated carbocycles. The zero-order valence-electron chi connectivity index (χ0n) is 14.5. The number of carbonyl (C=O) groups excluding carboxylic acids is 1. The number of amides is 1. The van der Waals surface area contributed by atoms with Crippen LogP contribution in [-0.4, -0.2) is 48.6 Å². The van der Waals surface area contributed by atoms with Crippen LogP contribution in [0.25, 0.3) is 0 Å². The highest BCUT2D eigenvalue weighted by molar-refractivity contribution is 5.81. The Hall–Kier alpha value is -0.610. The minimum Gasteiger partial charge on any atom is -0.352 e. The van der Waals surface area contributed by atoms with Gasteiger partial charge in [-0.1, -0.05) is 26.7 Å². The average molecular weight is 297 g/mol. The molecular formula is C17H35N3O. The van der Waals surface area contributed by atoms with E-state index in [0.717, 1.165) is 38.9 Å². The van der Waals surface area contributed by atoms with Gasteiger partial charge in [0.15, 0.2) is 0 Å². The Kier molecular flexibility index (Phi) is 8.93. The first-order valence-corrected chi connectivity index (χ1v) is 8.86.